The second-order valence-corrected chi connectivity index (χ2v) is 24.4. The first-order chi connectivity index (χ1) is 18.3. The van der Waals surface area contributed by atoms with Gasteiger partial charge in [0, 0.05) is 18.8 Å². The highest BCUT2D eigenvalue weighted by Crippen LogP contribution is 2.47. The Labute approximate surface area is 247 Å². The predicted octanol–water partition coefficient (Wildman–Crippen LogP) is 9.08. The van der Waals surface area contributed by atoms with Crippen LogP contribution in [-0.4, -0.2) is 45.7 Å². The molecule has 2 aliphatic rings. The molecule has 7 heteroatoms. The summed E-state index contributed by atoms with van der Waals surface area (Å²) in [7, 11) is -4.92. The zero-order chi connectivity index (χ0) is 30.6. The van der Waals surface area contributed by atoms with Crippen molar-refractivity contribution in [2.45, 2.75) is 154 Å². The van der Waals surface area contributed by atoms with Crippen LogP contribution in [0.5, 0.6) is 0 Å². The molecule has 1 heterocycles. The van der Waals surface area contributed by atoms with E-state index in [0.29, 0.717) is 18.3 Å². The summed E-state index contributed by atoms with van der Waals surface area (Å²) in [5.74, 6) is 4.93. The van der Waals surface area contributed by atoms with Crippen LogP contribution in [0, 0.1) is 23.7 Å². The molecule has 0 spiro atoms. The third-order valence-electron chi connectivity index (χ3n) is 9.62. The van der Waals surface area contributed by atoms with Gasteiger partial charge in [-0.15, -0.1) is 5.92 Å². The number of carbonyl (C=O) groups is 1. The lowest BCUT2D eigenvalue weighted by atomic mass is 9.88. The average molecular weight is 591 g/mol. The van der Waals surface area contributed by atoms with E-state index in [2.05, 4.69) is 105 Å². The number of epoxide rings is 1. The molecule has 40 heavy (non-hydrogen) atoms. The summed E-state index contributed by atoms with van der Waals surface area (Å²) >= 11 is 0. The first-order valence-electron chi connectivity index (χ1n) is 15.4. The van der Waals surface area contributed by atoms with E-state index in [0.717, 1.165) is 38.5 Å². The standard InChI is InChI=1S/C33H58O5Si2/c1-13-14-15-16-17-18-19-26-21-20-25(2)27(26)24-29-28(36-29)22-23-33(30(34)35,37-39(9,10)31(3,4)5)38-40(11,12)32(6,7)8/h14-15,26-29H,2,13,16-17,20-24H2,1,3-12H3,(H,34,35)/t26-,27-,28?,29-/m0/s1. The highest BCUT2D eigenvalue weighted by Gasteiger charge is 2.56. The fourth-order valence-corrected chi connectivity index (χ4v) is 7.64. The SMILES string of the molecule is C=C1CC[C@H](C#CCCC=CCC)[C@H]1C[C@@H]1OC1CCC(O[Si](C)(C)C(C)(C)C)(O[Si](C)(C)C(C)(C)C)C(=O)O. The van der Waals surface area contributed by atoms with Crippen molar-refractivity contribution in [3.8, 4) is 11.8 Å². The van der Waals surface area contributed by atoms with Gasteiger partial charge < -0.3 is 18.7 Å². The summed E-state index contributed by atoms with van der Waals surface area (Å²) in [4.78, 5) is 13.0. The molecular weight excluding hydrogens is 533 g/mol. The lowest BCUT2D eigenvalue weighted by Crippen LogP contribution is -2.60. The fraction of sp³-hybridized carbons (Fsp3) is 0.788. The molecule has 0 radical (unpaired) electrons. The number of allylic oxidation sites excluding steroid dienone is 3. The Hall–Kier alpha value is -1.18. The van der Waals surface area contributed by atoms with Crippen molar-refractivity contribution in [1.82, 2.24) is 0 Å². The molecule has 0 bridgehead atoms. The van der Waals surface area contributed by atoms with Crippen LogP contribution >= 0.6 is 0 Å². The number of carboxylic acid groups (broad SMARTS) is 1. The van der Waals surface area contributed by atoms with Crippen LogP contribution in [0.15, 0.2) is 24.3 Å². The van der Waals surface area contributed by atoms with E-state index >= 15 is 0 Å². The highest BCUT2D eigenvalue weighted by molar-refractivity contribution is 6.75. The summed E-state index contributed by atoms with van der Waals surface area (Å²) < 4.78 is 19.5. The quantitative estimate of drug-likeness (QED) is 0.0579. The second-order valence-electron chi connectivity index (χ2n) is 14.9. The van der Waals surface area contributed by atoms with Crippen LogP contribution in [0.25, 0.3) is 0 Å². The van der Waals surface area contributed by atoms with Crippen molar-refractivity contribution in [2.24, 2.45) is 11.8 Å². The average Bonchev–Trinajstić information content (AvgIpc) is 3.47. The molecule has 228 valence electrons. The minimum atomic E-state index is -2.46. The minimum Gasteiger partial charge on any atom is -0.477 e. The van der Waals surface area contributed by atoms with Crippen LogP contribution in [0.3, 0.4) is 0 Å². The number of hydrogen-bond donors (Lipinski definition) is 1. The van der Waals surface area contributed by atoms with Crippen LogP contribution in [0.1, 0.15) is 99.8 Å². The zero-order valence-corrected chi connectivity index (χ0v) is 29.4. The summed E-state index contributed by atoms with van der Waals surface area (Å²) in [5.41, 5.74) is 1.28. The van der Waals surface area contributed by atoms with E-state index in [9.17, 15) is 9.90 Å². The molecule has 2 rings (SSSR count). The Bertz CT molecular complexity index is 946. The smallest absolute Gasteiger partial charge is 0.362 e. The molecule has 1 aliphatic heterocycles. The van der Waals surface area contributed by atoms with Crippen molar-refractivity contribution >= 4 is 22.6 Å². The topological polar surface area (TPSA) is 68.3 Å². The van der Waals surface area contributed by atoms with Crippen LogP contribution in [-0.2, 0) is 18.4 Å². The second kappa shape index (κ2) is 13.4. The van der Waals surface area contributed by atoms with Gasteiger partial charge in [0.05, 0.1) is 12.2 Å². The molecule has 1 aliphatic carbocycles. The van der Waals surface area contributed by atoms with Gasteiger partial charge in [0.2, 0.25) is 0 Å². The van der Waals surface area contributed by atoms with E-state index in [4.69, 9.17) is 13.6 Å². The van der Waals surface area contributed by atoms with Gasteiger partial charge in [-0.1, -0.05) is 78.7 Å². The molecule has 0 aromatic heterocycles. The van der Waals surface area contributed by atoms with E-state index in [-0.39, 0.29) is 28.7 Å². The van der Waals surface area contributed by atoms with Gasteiger partial charge in [-0.05, 0) is 80.7 Å². The van der Waals surface area contributed by atoms with Gasteiger partial charge in [0.25, 0.3) is 5.79 Å². The Balaban J connectivity index is 2.14. The molecule has 1 unspecified atom stereocenters. The minimum absolute atomic E-state index is 0.0194. The lowest BCUT2D eigenvalue weighted by molar-refractivity contribution is -0.194. The number of aliphatic carboxylic acids is 1. The van der Waals surface area contributed by atoms with E-state index in [1.807, 2.05) is 0 Å². The van der Waals surface area contributed by atoms with Crippen molar-refractivity contribution in [3.63, 3.8) is 0 Å². The number of rotatable bonds is 13. The first-order valence-corrected chi connectivity index (χ1v) is 21.2. The number of carboxylic acids is 1. The highest BCUT2D eigenvalue weighted by atomic mass is 28.4. The summed E-state index contributed by atoms with van der Waals surface area (Å²) in [6.45, 7) is 27.7. The van der Waals surface area contributed by atoms with Crippen LogP contribution in [0.2, 0.25) is 36.3 Å². The Kier molecular flexibility index (Phi) is 11.7. The Morgan fingerprint density at radius 1 is 1.05 bits per heavy atom. The summed E-state index contributed by atoms with van der Waals surface area (Å²) in [6.07, 6.45) is 11.4. The third kappa shape index (κ3) is 9.16. The molecule has 0 aromatic rings. The third-order valence-corrected chi connectivity index (χ3v) is 18.5. The van der Waals surface area contributed by atoms with Crippen molar-refractivity contribution < 1.29 is 23.5 Å². The first kappa shape index (κ1) is 35.0. The van der Waals surface area contributed by atoms with Crippen molar-refractivity contribution in [3.05, 3.63) is 24.3 Å². The van der Waals surface area contributed by atoms with Crippen LogP contribution < -0.4 is 0 Å². The van der Waals surface area contributed by atoms with Gasteiger partial charge in [0.1, 0.15) is 0 Å². The maximum absolute atomic E-state index is 13.0. The molecule has 0 amide bonds. The normalized spacial score (nSPS) is 24.3. The predicted molar refractivity (Wildman–Crippen MR) is 171 cm³/mol. The van der Waals surface area contributed by atoms with Gasteiger partial charge in [-0.2, -0.15) is 0 Å². The Morgan fingerprint density at radius 2 is 1.62 bits per heavy atom. The summed E-state index contributed by atoms with van der Waals surface area (Å²) in [6, 6.07) is 0. The van der Waals surface area contributed by atoms with Gasteiger partial charge >= 0.3 is 5.97 Å². The number of hydrogen-bond acceptors (Lipinski definition) is 4. The van der Waals surface area contributed by atoms with Gasteiger partial charge in [-0.3, -0.25) is 0 Å². The number of ether oxygens (including phenoxy) is 1. The monoisotopic (exact) mass is 590 g/mol. The van der Waals surface area contributed by atoms with Gasteiger partial charge in [0.15, 0.2) is 16.6 Å². The zero-order valence-electron chi connectivity index (χ0n) is 27.4. The van der Waals surface area contributed by atoms with Crippen LogP contribution in [0.4, 0.5) is 0 Å². The molecule has 4 atom stereocenters. The molecular formula is C33H58O5Si2. The van der Waals surface area contributed by atoms with Crippen molar-refractivity contribution in [2.75, 3.05) is 0 Å². The van der Waals surface area contributed by atoms with Crippen molar-refractivity contribution in [1.29, 1.82) is 0 Å². The van der Waals surface area contributed by atoms with E-state index in [1.165, 1.54) is 5.57 Å². The molecule has 0 aromatic carbocycles. The van der Waals surface area contributed by atoms with E-state index < -0.39 is 28.4 Å². The largest absolute Gasteiger partial charge is 0.477 e. The molecule has 2 fully saturated rings. The maximum Gasteiger partial charge on any atom is 0.362 e. The Morgan fingerprint density at radius 3 is 2.12 bits per heavy atom. The molecule has 5 nitrogen and oxygen atoms in total. The molecule has 1 saturated carbocycles. The van der Waals surface area contributed by atoms with Gasteiger partial charge in [-0.25, -0.2) is 4.79 Å². The molecule has 1 N–H and O–H groups in total. The number of unbranched alkanes of at least 4 members (excludes halogenated alkanes) is 1. The van der Waals surface area contributed by atoms with E-state index in [1.54, 1.807) is 0 Å². The fourth-order valence-electron chi connectivity index (χ4n) is 4.83. The maximum atomic E-state index is 13.0. The molecule has 1 saturated heterocycles. The lowest BCUT2D eigenvalue weighted by Gasteiger charge is -2.48. The summed E-state index contributed by atoms with van der Waals surface area (Å²) in [5, 5.41) is 10.4.